The summed E-state index contributed by atoms with van der Waals surface area (Å²) < 4.78 is 17.4. The largest absolute Gasteiger partial charge is 0.493 e. The molecule has 0 aliphatic carbocycles. The summed E-state index contributed by atoms with van der Waals surface area (Å²) in [5.41, 5.74) is 2.01. The molecule has 1 aromatic rings. The lowest BCUT2D eigenvalue weighted by molar-refractivity contribution is -0.117. The Labute approximate surface area is 174 Å². The standard InChI is InChI=1S/C23H34N2O4/c1-5-27-21-12-19-10-17(4)29-22(19)11-18(21)6-7-23(26)24-13-20-15-25(8-9-28-20)14-16(2)3/h6-7,11-12,16-17,20H,5,8-10,13-15H2,1-4H3,(H,24,26)/b7-6+. The lowest BCUT2D eigenvalue weighted by Crippen LogP contribution is -2.48. The number of benzene rings is 1. The van der Waals surface area contributed by atoms with Crippen molar-refractivity contribution < 1.29 is 19.0 Å². The summed E-state index contributed by atoms with van der Waals surface area (Å²) in [5.74, 6) is 2.16. The van der Waals surface area contributed by atoms with E-state index in [4.69, 9.17) is 14.2 Å². The lowest BCUT2D eigenvalue weighted by atomic mass is 10.1. The Morgan fingerprint density at radius 1 is 1.41 bits per heavy atom. The fourth-order valence-corrected chi connectivity index (χ4v) is 3.89. The molecule has 2 atom stereocenters. The van der Waals surface area contributed by atoms with Crippen LogP contribution in [0.15, 0.2) is 18.2 Å². The van der Waals surface area contributed by atoms with E-state index in [-0.39, 0.29) is 18.1 Å². The maximum absolute atomic E-state index is 12.3. The van der Waals surface area contributed by atoms with Crippen molar-refractivity contribution in [2.75, 3.05) is 39.4 Å². The molecular weight excluding hydrogens is 368 g/mol. The molecule has 0 bridgehead atoms. The van der Waals surface area contributed by atoms with Crippen molar-refractivity contribution in [3.8, 4) is 11.5 Å². The van der Waals surface area contributed by atoms with Gasteiger partial charge in [-0.3, -0.25) is 9.69 Å². The van der Waals surface area contributed by atoms with E-state index in [0.29, 0.717) is 25.7 Å². The number of morpholine rings is 1. The number of nitrogens with zero attached hydrogens (tertiary/aromatic N) is 1. The normalized spacial score (nSPS) is 22.0. The van der Waals surface area contributed by atoms with Gasteiger partial charge < -0.3 is 19.5 Å². The van der Waals surface area contributed by atoms with Gasteiger partial charge in [-0.2, -0.15) is 0 Å². The van der Waals surface area contributed by atoms with Crippen molar-refractivity contribution in [2.45, 2.75) is 46.3 Å². The van der Waals surface area contributed by atoms with Crippen molar-refractivity contribution in [1.82, 2.24) is 10.2 Å². The van der Waals surface area contributed by atoms with Crippen LogP contribution in [0.1, 0.15) is 38.8 Å². The van der Waals surface area contributed by atoms with Gasteiger partial charge in [0.15, 0.2) is 0 Å². The molecule has 1 amide bonds. The van der Waals surface area contributed by atoms with Crippen LogP contribution >= 0.6 is 0 Å². The van der Waals surface area contributed by atoms with Crippen LogP contribution in [-0.4, -0.2) is 62.4 Å². The van der Waals surface area contributed by atoms with Gasteiger partial charge in [0.25, 0.3) is 0 Å². The summed E-state index contributed by atoms with van der Waals surface area (Å²) in [7, 11) is 0. The molecule has 3 rings (SSSR count). The second kappa shape index (κ2) is 10.1. The summed E-state index contributed by atoms with van der Waals surface area (Å²) in [6, 6.07) is 3.99. The zero-order valence-electron chi connectivity index (χ0n) is 18.1. The van der Waals surface area contributed by atoms with Crippen molar-refractivity contribution in [1.29, 1.82) is 0 Å². The van der Waals surface area contributed by atoms with Crippen molar-refractivity contribution in [3.05, 3.63) is 29.3 Å². The number of fused-ring (bicyclic) bond motifs is 1. The van der Waals surface area contributed by atoms with Crippen LogP contribution in [0, 0.1) is 5.92 Å². The summed E-state index contributed by atoms with van der Waals surface area (Å²) >= 11 is 0. The van der Waals surface area contributed by atoms with Gasteiger partial charge in [-0.05, 0) is 38.0 Å². The van der Waals surface area contributed by atoms with E-state index in [9.17, 15) is 4.79 Å². The molecule has 0 saturated carbocycles. The molecule has 1 saturated heterocycles. The number of hydrogen-bond acceptors (Lipinski definition) is 5. The number of hydrogen-bond donors (Lipinski definition) is 1. The molecule has 29 heavy (non-hydrogen) atoms. The predicted octanol–water partition coefficient (Wildman–Crippen LogP) is 2.89. The second-order valence-electron chi connectivity index (χ2n) is 8.29. The van der Waals surface area contributed by atoms with E-state index in [1.54, 1.807) is 12.2 Å². The smallest absolute Gasteiger partial charge is 0.244 e. The first-order valence-electron chi connectivity index (χ1n) is 10.7. The van der Waals surface area contributed by atoms with E-state index in [1.807, 2.05) is 19.1 Å². The number of rotatable bonds is 8. The minimum atomic E-state index is -0.133. The summed E-state index contributed by atoms with van der Waals surface area (Å²) in [5, 5.41) is 2.96. The molecule has 1 fully saturated rings. The molecule has 1 N–H and O–H groups in total. The molecule has 160 valence electrons. The molecule has 0 spiro atoms. The van der Waals surface area contributed by atoms with E-state index < -0.39 is 0 Å². The van der Waals surface area contributed by atoms with Crippen LogP contribution in [0.5, 0.6) is 11.5 Å². The van der Waals surface area contributed by atoms with Gasteiger partial charge in [0.1, 0.15) is 17.6 Å². The van der Waals surface area contributed by atoms with E-state index in [0.717, 1.165) is 48.7 Å². The highest BCUT2D eigenvalue weighted by atomic mass is 16.5. The Hall–Kier alpha value is -2.05. The fourth-order valence-electron chi connectivity index (χ4n) is 3.89. The first-order valence-corrected chi connectivity index (χ1v) is 10.7. The van der Waals surface area contributed by atoms with Gasteiger partial charge in [0, 0.05) is 49.8 Å². The molecule has 2 unspecified atom stereocenters. The summed E-state index contributed by atoms with van der Waals surface area (Å²) in [4.78, 5) is 14.7. The average molecular weight is 403 g/mol. The Balaban J connectivity index is 1.56. The van der Waals surface area contributed by atoms with Crippen LogP contribution in [0.2, 0.25) is 0 Å². The monoisotopic (exact) mass is 402 g/mol. The molecule has 0 radical (unpaired) electrons. The third-order valence-corrected chi connectivity index (χ3v) is 5.09. The van der Waals surface area contributed by atoms with Crippen molar-refractivity contribution >= 4 is 12.0 Å². The third-order valence-electron chi connectivity index (χ3n) is 5.09. The SMILES string of the molecule is CCOc1cc2c(cc1/C=C/C(=O)NCC1CN(CC(C)C)CCO1)OC(C)C2. The number of carbonyl (C=O) groups excluding carboxylic acids is 1. The van der Waals surface area contributed by atoms with Gasteiger partial charge in [0.05, 0.1) is 19.3 Å². The van der Waals surface area contributed by atoms with Gasteiger partial charge in [-0.25, -0.2) is 0 Å². The summed E-state index contributed by atoms with van der Waals surface area (Å²) in [6.45, 7) is 13.1. The first kappa shape index (κ1) is 21.7. The molecular formula is C23H34N2O4. The molecule has 2 aliphatic rings. The first-order chi connectivity index (χ1) is 13.9. The quantitative estimate of drug-likeness (QED) is 0.678. The molecule has 6 nitrogen and oxygen atoms in total. The highest BCUT2D eigenvalue weighted by molar-refractivity contribution is 5.92. The third kappa shape index (κ3) is 6.21. The van der Waals surface area contributed by atoms with Crippen molar-refractivity contribution in [2.24, 2.45) is 5.92 Å². The predicted molar refractivity (Wildman–Crippen MR) is 114 cm³/mol. The van der Waals surface area contributed by atoms with Gasteiger partial charge >= 0.3 is 0 Å². The van der Waals surface area contributed by atoms with Crippen LogP contribution < -0.4 is 14.8 Å². The topological polar surface area (TPSA) is 60.0 Å². The second-order valence-corrected chi connectivity index (χ2v) is 8.29. The molecule has 2 heterocycles. The Kier molecular flexibility index (Phi) is 7.56. The molecule has 1 aromatic carbocycles. The van der Waals surface area contributed by atoms with Crippen LogP contribution in [-0.2, 0) is 16.0 Å². The van der Waals surface area contributed by atoms with E-state index in [1.165, 1.54) is 0 Å². The van der Waals surface area contributed by atoms with E-state index >= 15 is 0 Å². The Morgan fingerprint density at radius 3 is 3.00 bits per heavy atom. The van der Waals surface area contributed by atoms with Gasteiger partial charge in [0.2, 0.25) is 5.91 Å². The number of ether oxygens (including phenoxy) is 3. The highest BCUT2D eigenvalue weighted by Gasteiger charge is 2.22. The summed E-state index contributed by atoms with van der Waals surface area (Å²) in [6.07, 6.45) is 4.44. The molecule has 6 heteroatoms. The van der Waals surface area contributed by atoms with E-state index in [2.05, 4.69) is 31.0 Å². The fraction of sp³-hybridized carbons (Fsp3) is 0.609. The molecule has 0 aromatic heterocycles. The maximum atomic E-state index is 12.3. The lowest BCUT2D eigenvalue weighted by Gasteiger charge is -2.33. The Morgan fingerprint density at radius 2 is 2.24 bits per heavy atom. The zero-order valence-corrected chi connectivity index (χ0v) is 18.1. The highest BCUT2D eigenvalue weighted by Crippen LogP contribution is 2.35. The average Bonchev–Trinajstić information content (AvgIpc) is 3.03. The van der Waals surface area contributed by atoms with Crippen LogP contribution in [0.4, 0.5) is 0 Å². The Bertz CT molecular complexity index is 732. The van der Waals surface area contributed by atoms with Crippen LogP contribution in [0.3, 0.4) is 0 Å². The number of carbonyl (C=O) groups is 1. The van der Waals surface area contributed by atoms with Crippen molar-refractivity contribution in [3.63, 3.8) is 0 Å². The number of amides is 1. The minimum Gasteiger partial charge on any atom is -0.493 e. The van der Waals surface area contributed by atoms with Gasteiger partial charge in [-0.15, -0.1) is 0 Å². The molecule has 2 aliphatic heterocycles. The van der Waals surface area contributed by atoms with Crippen LogP contribution in [0.25, 0.3) is 6.08 Å². The maximum Gasteiger partial charge on any atom is 0.244 e. The zero-order chi connectivity index (χ0) is 20.8. The van der Waals surface area contributed by atoms with Gasteiger partial charge in [-0.1, -0.05) is 13.8 Å². The minimum absolute atomic E-state index is 0.0358. The number of nitrogens with one attached hydrogen (secondary N) is 1.